The van der Waals surface area contributed by atoms with Gasteiger partial charge in [-0.3, -0.25) is 0 Å². The van der Waals surface area contributed by atoms with Gasteiger partial charge >= 0.3 is 0 Å². The van der Waals surface area contributed by atoms with Crippen molar-refractivity contribution in [2.45, 2.75) is 24.1 Å². The summed E-state index contributed by atoms with van der Waals surface area (Å²) in [6.07, 6.45) is 1.23. The molecule has 0 unspecified atom stereocenters. The highest BCUT2D eigenvalue weighted by molar-refractivity contribution is 7.88. The maximum absolute atomic E-state index is 12.2. The van der Waals surface area contributed by atoms with Gasteiger partial charge in [0.2, 0.25) is 10.0 Å². The minimum Gasteiger partial charge on any atom is -0.381 e. The third kappa shape index (κ3) is 4.18. The molecule has 0 bridgehead atoms. The van der Waals surface area contributed by atoms with E-state index in [2.05, 4.69) is 4.72 Å². The van der Waals surface area contributed by atoms with Crippen LogP contribution in [0, 0.1) is 0 Å². The van der Waals surface area contributed by atoms with E-state index in [0.717, 1.165) is 5.56 Å². The van der Waals surface area contributed by atoms with Gasteiger partial charge in [-0.25, -0.2) is 13.1 Å². The highest BCUT2D eigenvalue weighted by atomic mass is 35.5. The zero-order valence-corrected chi connectivity index (χ0v) is 12.2. The largest absolute Gasteiger partial charge is 0.381 e. The van der Waals surface area contributed by atoms with Crippen LogP contribution in [0.5, 0.6) is 0 Å². The molecule has 0 radical (unpaired) electrons. The molecule has 0 aromatic heterocycles. The van der Waals surface area contributed by atoms with Gasteiger partial charge in [-0.1, -0.05) is 30.3 Å². The third-order valence-corrected chi connectivity index (χ3v) is 5.25. The minimum atomic E-state index is -3.39. The van der Waals surface area contributed by atoms with E-state index in [1.54, 1.807) is 12.1 Å². The molecule has 2 rings (SSSR count). The first-order valence-electron chi connectivity index (χ1n) is 6.25. The zero-order chi connectivity index (χ0) is 13.8. The maximum Gasteiger partial charge on any atom is 0.216 e. The van der Waals surface area contributed by atoms with Crippen molar-refractivity contribution in [3.8, 4) is 0 Å². The molecule has 1 fully saturated rings. The molecule has 0 aliphatic carbocycles. The first-order valence-corrected chi connectivity index (χ1v) is 8.43. The van der Waals surface area contributed by atoms with E-state index in [1.165, 1.54) is 0 Å². The van der Waals surface area contributed by atoms with Gasteiger partial charge in [0.15, 0.2) is 0 Å². The molecule has 1 saturated heterocycles. The van der Waals surface area contributed by atoms with Crippen LogP contribution in [0.1, 0.15) is 18.4 Å². The molecule has 0 amide bonds. The van der Waals surface area contributed by atoms with E-state index < -0.39 is 15.6 Å². The number of hydrogen-bond donors (Lipinski definition) is 1. The van der Waals surface area contributed by atoms with Crippen LogP contribution in [-0.2, 0) is 20.5 Å². The third-order valence-electron chi connectivity index (χ3n) is 3.28. The Bertz CT molecular complexity index is 498. The number of hydrogen-bond acceptors (Lipinski definition) is 3. The number of rotatable bonds is 5. The first kappa shape index (κ1) is 14.8. The molecule has 0 atom stereocenters. The van der Waals surface area contributed by atoms with Gasteiger partial charge in [-0.15, -0.1) is 11.6 Å². The van der Waals surface area contributed by atoms with Gasteiger partial charge in [0.25, 0.3) is 0 Å². The topological polar surface area (TPSA) is 55.4 Å². The molecule has 1 aromatic rings. The predicted octanol–water partition coefficient (Wildman–Crippen LogP) is 1.89. The lowest BCUT2D eigenvalue weighted by Crippen LogP contribution is -2.53. The normalized spacial score (nSPS) is 19.2. The van der Waals surface area contributed by atoms with E-state index in [0.29, 0.717) is 26.1 Å². The Kier molecular flexibility index (Phi) is 4.84. The van der Waals surface area contributed by atoms with Crippen LogP contribution in [0.4, 0.5) is 0 Å². The molecule has 0 saturated carbocycles. The summed E-state index contributed by atoms with van der Waals surface area (Å²) in [5.74, 6) is 0.248. The number of alkyl halides is 1. The standard InChI is InChI=1S/C13H18ClNO3S/c14-11-13(6-8-18-9-7-13)15-19(16,17)10-12-4-2-1-3-5-12/h1-5,15H,6-11H2. The molecule has 6 heteroatoms. The quantitative estimate of drug-likeness (QED) is 0.845. The molecule has 1 aliphatic heterocycles. The Hall–Kier alpha value is -0.620. The van der Waals surface area contributed by atoms with Gasteiger partial charge in [-0.2, -0.15) is 0 Å². The summed E-state index contributed by atoms with van der Waals surface area (Å²) in [5.41, 5.74) is 0.208. The highest BCUT2D eigenvalue weighted by Gasteiger charge is 2.35. The van der Waals surface area contributed by atoms with E-state index in [9.17, 15) is 8.42 Å². The van der Waals surface area contributed by atoms with Crippen LogP contribution < -0.4 is 4.72 Å². The second kappa shape index (κ2) is 6.22. The summed E-state index contributed by atoms with van der Waals surface area (Å²) in [7, 11) is -3.39. The van der Waals surface area contributed by atoms with Crippen molar-refractivity contribution in [1.82, 2.24) is 4.72 Å². The van der Waals surface area contributed by atoms with Gasteiger partial charge in [0.1, 0.15) is 0 Å². The average Bonchev–Trinajstić information content (AvgIpc) is 2.40. The molecule has 1 heterocycles. The first-order chi connectivity index (χ1) is 9.05. The summed E-state index contributed by atoms with van der Waals surface area (Å²) >= 11 is 5.96. The highest BCUT2D eigenvalue weighted by Crippen LogP contribution is 2.24. The smallest absolute Gasteiger partial charge is 0.216 e. The Morgan fingerprint density at radius 3 is 2.42 bits per heavy atom. The minimum absolute atomic E-state index is 0.0205. The average molecular weight is 304 g/mol. The maximum atomic E-state index is 12.2. The summed E-state index contributed by atoms with van der Waals surface area (Å²) in [4.78, 5) is 0. The summed E-state index contributed by atoms with van der Waals surface area (Å²) in [6.45, 7) is 1.08. The van der Waals surface area contributed by atoms with Crippen LogP contribution >= 0.6 is 11.6 Å². The lowest BCUT2D eigenvalue weighted by atomic mass is 9.94. The molecular formula is C13H18ClNO3S. The lowest BCUT2D eigenvalue weighted by molar-refractivity contribution is 0.0549. The van der Waals surface area contributed by atoms with Crippen molar-refractivity contribution in [3.63, 3.8) is 0 Å². The van der Waals surface area contributed by atoms with Crippen LogP contribution in [-0.4, -0.2) is 33.1 Å². The molecule has 1 aromatic carbocycles. The predicted molar refractivity (Wildman–Crippen MR) is 75.7 cm³/mol. The van der Waals surface area contributed by atoms with Crippen LogP contribution in [0.2, 0.25) is 0 Å². The number of nitrogens with one attached hydrogen (secondary N) is 1. The second-order valence-corrected chi connectivity index (χ2v) is 6.86. The van der Waals surface area contributed by atoms with Crippen molar-refractivity contribution < 1.29 is 13.2 Å². The van der Waals surface area contributed by atoms with E-state index in [1.807, 2.05) is 18.2 Å². The van der Waals surface area contributed by atoms with E-state index >= 15 is 0 Å². The van der Waals surface area contributed by atoms with Crippen LogP contribution in [0.15, 0.2) is 30.3 Å². The van der Waals surface area contributed by atoms with Crippen molar-refractivity contribution in [3.05, 3.63) is 35.9 Å². The fourth-order valence-electron chi connectivity index (χ4n) is 2.18. The number of ether oxygens (including phenoxy) is 1. The Morgan fingerprint density at radius 1 is 1.21 bits per heavy atom. The van der Waals surface area contributed by atoms with E-state index in [4.69, 9.17) is 16.3 Å². The fraction of sp³-hybridized carbons (Fsp3) is 0.538. The molecule has 0 spiro atoms. The van der Waals surface area contributed by atoms with Gasteiger partial charge in [-0.05, 0) is 18.4 Å². The van der Waals surface area contributed by atoms with Crippen molar-refractivity contribution in [2.24, 2.45) is 0 Å². The van der Waals surface area contributed by atoms with Gasteiger partial charge < -0.3 is 4.74 Å². The van der Waals surface area contributed by atoms with Crippen LogP contribution in [0.3, 0.4) is 0 Å². The van der Waals surface area contributed by atoms with Gasteiger partial charge in [0.05, 0.1) is 11.3 Å². The number of sulfonamides is 1. The van der Waals surface area contributed by atoms with Crippen molar-refractivity contribution in [1.29, 1.82) is 0 Å². The Morgan fingerprint density at radius 2 is 1.84 bits per heavy atom. The van der Waals surface area contributed by atoms with Crippen molar-refractivity contribution in [2.75, 3.05) is 19.1 Å². The second-order valence-electron chi connectivity index (χ2n) is 4.87. The molecule has 1 N–H and O–H groups in total. The van der Waals surface area contributed by atoms with Gasteiger partial charge in [0, 0.05) is 19.1 Å². The lowest BCUT2D eigenvalue weighted by Gasteiger charge is -2.35. The van der Waals surface area contributed by atoms with E-state index in [-0.39, 0.29) is 11.6 Å². The van der Waals surface area contributed by atoms with Crippen molar-refractivity contribution >= 4 is 21.6 Å². The molecule has 1 aliphatic rings. The molecule has 4 nitrogen and oxygen atoms in total. The van der Waals surface area contributed by atoms with Crippen LogP contribution in [0.25, 0.3) is 0 Å². The number of benzene rings is 1. The Labute approximate surface area is 119 Å². The summed E-state index contributed by atoms with van der Waals surface area (Å²) < 4.78 is 32.5. The molecule has 19 heavy (non-hydrogen) atoms. The zero-order valence-electron chi connectivity index (χ0n) is 10.6. The Balaban J connectivity index is 2.07. The monoisotopic (exact) mass is 303 g/mol. The molecule has 106 valence electrons. The number of halogens is 1. The fourth-order valence-corrected chi connectivity index (χ4v) is 4.24. The summed E-state index contributed by atoms with van der Waals surface area (Å²) in [5, 5.41) is 0. The SMILES string of the molecule is O=S(=O)(Cc1ccccc1)NC1(CCl)CCOCC1. The summed E-state index contributed by atoms with van der Waals surface area (Å²) in [6, 6.07) is 9.13. The molecular weight excluding hydrogens is 286 g/mol.